The molecule has 2 atom stereocenters. The highest BCUT2D eigenvalue weighted by atomic mass is 16.5. The Kier molecular flexibility index (Phi) is 6.49. The van der Waals surface area contributed by atoms with Crippen LogP contribution in [-0.2, 0) is 15.1 Å². The van der Waals surface area contributed by atoms with Gasteiger partial charge in [-0.3, -0.25) is 9.78 Å². The molecule has 35 heavy (non-hydrogen) atoms. The van der Waals surface area contributed by atoms with Crippen LogP contribution in [0.1, 0.15) is 62.6 Å². The molecule has 1 unspecified atom stereocenters. The fourth-order valence-electron chi connectivity index (χ4n) is 6.63. The van der Waals surface area contributed by atoms with Crippen LogP contribution in [0, 0.1) is 17.3 Å². The lowest BCUT2D eigenvalue weighted by atomic mass is 9.62. The molecule has 188 valence electrons. The molecule has 0 bridgehead atoms. The maximum absolute atomic E-state index is 13.4. The molecule has 4 heterocycles. The van der Waals surface area contributed by atoms with E-state index < -0.39 is 5.60 Å². The van der Waals surface area contributed by atoms with Crippen LogP contribution in [0.25, 0.3) is 0 Å². The number of hydrogen-bond donors (Lipinski definition) is 1. The van der Waals surface area contributed by atoms with Gasteiger partial charge < -0.3 is 19.6 Å². The van der Waals surface area contributed by atoms with Crippen LogP contribution in [0.15, 0.2) is 42.7 Å². The SMILES string of the molecule is CC(C)c1ccc([C@](O)(c2cncc(N3CCC(C4CCOCC4)C3=O)c2)C2(C)CN(C)C2)cc1. The standard InChI is InChI=1S/C29H39N3O3/c1-20(2)21-5-7-23(8-6-21)29(34,28(3)18-31(4)19-28)24-15-25(17-30-16-24)32-12-9-26(27(32)33)22-10-13-35-14-11-22/h5-8,15-17,20,22,26,34H,9-14,18-19H2,1-4H3/t26?,29-/m0/s1. The molecule has 0 aliphatic carbocycles. The molecule has 3 aliphatic heterocycles. The highest BCUT2D eigenvalue weighted by Gasteiger charge is 2.55. The van der Waals surface area contributed by atoms with Gasteiger partial charge in [0.05, 0.1) is 11.9 Å². The fraction of sp³-hybridized carbons (Fsp3) is 0.586. The van der Waals surface area contributed by atoms with Gasteiger partial charge in [-0.2, -0.15) is 0 Å². The number of carbonyl (C=O) groups excluding carboxylic acids is 1. The van der Waals surface area contributed by atoms with Crippen LogP contribution in [0.3, 0.4) is 0 Å². The molecule has 3 aliphatic rings. The van der Waals surface area contributed by atoms with E-state index in [9.17, 15) is 9.90 Å². The summed E-state index contributed by atoms with van der Waals surface area (Å²) in [4.78, 5) is 22.1. The molecule has 6 heteroatoms. The lowest BCUT2D eigenvalue weighted by Crippen LogP contribution is -2.63. The minimum Gasteiger partial charge on any atom is -0.381 e. The Hall–Kier alpha value is -2.28. The zero-order valence-corrected chi connectivity index (χ0v) is 21.5. The monoisotopic (exact) mass is 477 g/mol. The van der Waals surface area contributed by atoms with Gasteiger partial charge in [-0.1, -0.05) is 45.0 Å². The van der Waals surface area contributed by atoms with E-state index >= 15 is 0 Å². The molecule has 5 rings (SSSR count). The maximum Gasteiger partial charge on any atom is 0.230 e. The van der Waals surface area contributed by atoms with Gasteiger partial charge in [-0.25, -0.2) is 0 Å². The largest absolute Gasteiger partial charge is 0.381 e. The van der Waals surface area contributed by atoms with E-state index in [-0.39, 0.29) is 17.2 Å². The summed E-state index contributed by atoms with van der Waals surface area (Å²) < 4.78 is 5.51. The summed E-state index contributed by atoms with van der Waals surface area (Å²) >= 11 is 0. The van der Waals surface area contributed by atoms with Gasteiger partial charge in [0.25, 0.3) is 0 Å². The van der Waals surface area contributed by atoms with Gasteiger partial charge in [-0.05, 0) is 55.3 Å². The van der Waals surface area contributed by atoms with Gasteiger partial charge in [0.15, 0.2) is 0 Å². The van der Waals surface area contributed by atoms with Gasteiger partial charge in [-0.15, -0.1) is 0 Å². The van der Waals surface area contributed by atoms with Gasteiger partial charge in [0.1, 0.15) is 5.60 Å². The molecule has 0 radical (unpaired) electrons. The summed E-state index contributed by atoms with van der Waals surface area (Å²) in [7, 11) is 2.08. The van der Waals surface area contributed by atoms with E-state index in [1.807, 2.05) is 11.0 Å². The molecular formula is C29H39N3O3. The minimum atomic E-state index is -1.21. The number of anilines is 1. The molecule has 1 aromatic heterocycles. The molecule has 0 saturated carbocycles. The second-order valence-electron chi connectivity index (χ2n) is 11.5. The van der Waals surface area contributed by atoms with Gasteiger partial charge >= 0.3 is 0 Å². The Labute approximate surface area is 209 Å². The molecule has 3 saturated heterocycles. The van der Waals surface area contributed by atoms with Crippen molar-refractivity contribution in [2.75, 3.05) is 44.8 Å². The average molecular weight is 478 g/mol. The highest BCUT2D eigenvalue weighted by molar-refractivity contribution is 5.97. The normalized spacial score (nSPS) is 25.0. The second kappa shape index (κ2) is 9.30. The van der Waals surface area contributed by atoms with Crippen LogP contribution >= 0.6 is 0 Å². The van der Waals surface area contributed by atoms with Crippen LogP contribution in [0.5, 0.6) is 0 Å². The molecule has 1 N–H and O–H groups in total. The van der Waals surface area contributed by atoms with Crippen molar-refractivity contribution < 1.29 is 14.6 Å². The number of hydrogen-bond acceptors (Lipinski definition) is 5. The second-order valence-corrected chi connectivity index (χ2v) is 11.5. The number of benzene rings is 1. The first kappa shape index (κ1) is 24.4. The average Bonchev–Trinajstić information content (AvgIpc) is 3.24. The van der Waals surface area contributed by atoms with Crippen molar-refractivity contribution in [3.05, 3.63) is 59.4 Å². The summed E-state index contributed by atoms with van der Waals surface area (Å²) in [6, 6.07) is 10.4. The quantitative estimate of drug-likeness (QED) is 0.676. The number of carbonyl (C=O) groups is 1. The third-order valence-corrected chi connectivity index (χ3v) is 8.64. The number of nitrogens with zero attached hydrogens (tertiary/aromatic N) is 3. The molecule has 1 aromatic carbocycles. The van der Waals surface area contributed by atoms with Crippen LogP contribution in [0.2, 0.25) is 0 Å². The number of rotatable bonds is 6. The zero-order valence-electron chi connectivity index (χ0n) is 21.5. The van der Waals surface area contributed by atoms with Crippen LogP contribution in [-0.4, -0.2) is 60.8 Å². The summed E-state index contributed by atoms with van der Waals surface area (Å²) in [5.41, 5.74) is 2.10. The Balaban J connectivity index is 1.48. The van der Waals surface area contributed by atoms with Gasteiger partial charge in [0, 0.05) is 55.9 Å². The lowest BCUT2D eigenvalue weighted by Gasteiger charge is -2.56. The Morgan fingerprint density at radius 1 is 1.09 bits per heavy atom. The smallest absolute Gasteiger partial charge is 0.230 e. The van der Waals surface area contributed by atoms with Crippen molar-refractivity contribution in [2.45, 2.75) is 51.6 Å². The molecule has 0 spiro atoms. The lowest BCUT2D eigenvalue weighted by molar-refractivity contribution is -0.127. The Morgan fingerprint density at radius 3 is 2.40 bits per heavy atom. The number of pyridine rings is 1. The summed E-state index contributed by atoms with van der Waals surface area (Å²) in [6.45, 7) is 10.3. The highest BCUT2D eigenvalue weighted by Crippen LogP contribution is 2.50. The van der Waals surface area contributed by atoms with E-state index in [0.717, 1.165) is 62.4 Å². The number of aliphatic hydroxyl groups is 1. The fourth-order valence-corrected chi connectivity index (χ4v) is 6.63. The van der Waals surface area contributed by atoms with Crippen molar-refractivity contribution in [2.24, 2.45) is 17.3 Å². The summed E-state index contributed by atoms with van der Waals surface area (Å²) in [5, 5.41) is 12.5. The van der Waals surface area contributed by atoms with E-state index in [1.165, 1.54) is 5.56 Å². The van der Waals surface area contributed by atoms with Crippen molar-refractivity contribution >= 4 is 11.6 Å². The molecule has 3 fully saturated rings. The maximum atomic E-state index is 13.4. The molecular weight excluding hydrogens is 438 g/mol. The Bertz CT molecular complexity index is 1060. The summed E-state index contributed by atoms with van der Waals surface area (Å²) in [6.07, 6.45) is 6.34. The molecule has 6 nitrogen and oxygen atoms in total. The predicted octanol–water partition coefficient (Wildman–Crippen LogP) is 4.17. The number of aromatic nitrogens is 1. The van der Waals surface area contributed by atoms with Gasteiger partial charge in [0.2, 0.25) is 5.91 Å². The summed E-state index contributed by atoms with van der Waals surface area (Å²) in [5.74, 6) is 1.08. The first-order valence-electron chi connectivity index (χ1n) is 13.1. The van der Waals surface area contributed by atoms with Crippen molar-refractivity contribution in [3.8, 4) is 0 Å². The Morgan fingerprint density at radius 2 is 1.77 bits per heavy atom. The first-order valence-corrected chi connectivity index (χ1v) is 13.1. The van der Waals surface area contributed by atoms with E-state index in [1.54, 1.807) is 12.4 Å². The zero-order chi connectivity index (χ0) is 24.8. The number of ether oxygens (including phenoxy) is 1. The third-order valence-electron chi connectivity index (χ3n) is 8.64. The predicted molar refractivity (Wildman–Crippen MR) is 137 cm³/mol. The minimum absolute atomic E-state index is 0.0582. The van der Waals surface area contributed by atoms with E-state index in [0.29, 0.717) is 18.4 Å². The topological polar surface area (TPSA) is 65.9 Å². The molecule has 2 aromatic rings. The first-order chi connectivity index (χ1) is 16.7. The van der Waals surface area contributed by atoms with Crippen molar-refractivity contribution in [1.82, 2.24) is 9.88 Å². The van der Waals surface area contributed by atoms with E-state index in [4.69, 9.17) is 4.74 Å². The van der Waals surface area contributed by atoms with Crippen LogP contribution < -0.4 is 4.90 Å². The van der Waals surface area contributed by atoms with Crippen LogP contribution in [0.4, 0.5) is 5.69 Å². The number of likely N-dealkylation sites (tertiary alicyclic amines) is 1. The van der Waals surface area contributed by atoms with Crippen molar-refractivity contribution in [1.29, 1.82) is 0 Å². The van der Waals surface area contributed by atoms with E-state index in [2.05, 4.69) is 62.0 Å². The third kappa shape index (κ3) is 4.20. The number of amides is 1. The molecule has 1 amide bonds. The van der Waals surface area contributed by atoms with Crippen molar-refractivity contribution in [3.63, 3.8) is 0 Å².